The van der Waals surface area contributed by atoms with Gasteiger partial charge in [-0.1, -0.05) is 0 Å². The van der Waals surface area contributed by atoms with E-state index < -0.39 is 11.4 Å². The largest absolute Gasteiger partial charge is 0.481 e. The zero-order valence-corrected chi connectivity index (χ0v) is 8.95. The summed E-state index contributed by atoms with van der Waals surface area (Å²) < 4.78 is 5.31. The number of carboxylic acids is 1. The Morgan fingerprint density at radius 2 is 2.14 bits per heavy atom. The van der Waals surface area contributed by atoms with Crippen LogP contribution in [0.5, 0.6) is 0 Å². The number of hydrogen-bond acceptors (Lipinski definition) is 3. The Balaban J connectivity index is 2.45. The van der Waals surface area contributed by atoms with E-state index in [0.29, 0.717) is 6.54 Å². The van der Waals surface area contributed by atoms with Gasteiger partial charge >= 0.3 is 5.97 Å². The monoisotopic (exact) mass is 201 g/mol. The second-order valence-corrected chi connectivity index (χ2v) is 4.43. The molecule has 1 aliphatic heterocycles. The molecule has 0 aromatic carbocycles. The SMILES string of the molecule is CC(C)(CN1CCCOCC1)C(=O)O. The molecular weight excluding hydrogens is 182 g/mol. The summed E-state index contributed by atoms with van der Waals surface area (Å²) in [6.45, 7) is 7.43. The van der Waals surface area contributed by atoms with Crippen molar-refractivity contribution in [1.29, 1.82) is 0 Å². The van der Waals surface area contributed by atoms with E-state index in [1.807, 2.05) is 0 Å². The smallest absolute Gasteiger partial charge is 0.310 e. The summed E-state index contributed by atoms with van der Waals surface area (Å²) in [6, 6.07) is 0. The highest BCUT2D eigenvalue weighted by molar-refractivity contribution is 5.73. The van der Waals surface area contributed by atoms with Crippen LogP contribution in [0.4, 0.5) is 0 Å². The van der Waals surface area contributed by atoms with Crippen LogP contribution in [0.25, 0.3) is 0 Å². The van der Waals surface area contributed by atoms with Crippen LogP contribution in [0.1, 0.15) is 20.3 Å². The van der Waals surface area contributed by atoms with E-state index in [4.69, 9.17) is 9.84 Å². The van der Waals surface area contributed by atoms with E-state index in [-0.39, 0.29) is 0 Å². The van der Waals surface area contributed by atoms with Crippen molar-refractivity contribution < 1.29 is 14.6 Å². The van der Waals surface area contributed by atoms with Gasteiger partial charge in [0, 0.05) is 26.2 Å². The number of rotatable bonds is 3. The van der Waals surface area contributed by atoms with Crippen LogP contribution in [0, 0.1) is 5.41 Å². The van der Waals surface area contributed by atoms with E-state index in [1.54, 1.807) is 13.8 Å². The summed E-state index contributed by atoms with van der Waals surface area (Å²) in [5.74, 6) is -0.734. The van der Waals surface area contributed by atoms with Gasteiger partial charge in [-0.25, -0.2) is 0 Å². The molecule has 0 amide bonds. The zero-order valence-electron chi connectivity index (χ0n) is 8.95. The molecule has 0 radical (unpaired) electrons. The molecule has 0 spiro atoms. The Bertz CT molecular complexity index is 196. The number of hydrogen-bond donors (Lipinski definition) is 1. The van der Waals surface area contributed by atoms with Crippen LogP contribution >= 0.6 is 0 Å². The summed E-state index contributed by atoms with van der Waals surface area (Å²) in [4.78, 5) is 13.1. The molecule has 14 heavy (non-hydrogen) atoms. The highest BCUT2D eigenvalue weighted by Gasteiger charge is 2.29. The number of ether oxygens (including phenoxy) is 1. The molecule has 1 rings (SSSR count). The third kappa shape index (κ3) is 3.27. The Hall–Kier alpha value is -0.610. The van der Waals surface area contributed by atoms with Gasteiger partial charge in [-0.15, -0.1) is 0 Å². The Morgan fingerprint density at radius 3 is 2.79 bits per heavy atom. The van der Waals surface area contributed by atoms with E-state index in [1.165, 1.54) is 0 Å². The first-order valence-corrected chi connectivity index (χ1v) is 5.06. The average molecular weight is 201 g/mol. The van der Waals surface area contributed by atoms with Crippen LogP contribution in [-0.2, 0) is 9.53 Å². The number of nitrogens with zero attached hydrogens (tertiary/aromatic N) is 1. The van der Waals surface area contributed by atoms with Crippen LogP contribution in [-0.4, -0.2) is 48.8 Å². The van der Waals surface area contributed by atoms with Gasteiger partial charge in [0.2, 0.25) is 0 Å². The van der Waals surface area contributed by atoms with Gasteiger partial charge in [0.25, 0.3) is 0 Å². The molecule has 1 saturated heterocycles. The van der Waals surface area contributed by atoms with Gasteiger partial charge < -0.3 is 9.84 Å². The normalized spacial score (nSPS) is 20.4. The molecule has 82 valence electrons. The molecule has 1 fully saturated rings. The van der Waals surface area contributed by atoms with Crippen molar-refractivity contribution in [2.45, 2.75) is 20.3 Å². The van der Waals surface area contributed by atoms with Gasteiger partial charge in [-0.05, 0) is 20.3 Å². The first-order chi connectivity index (χ1) is 6.52. The Labute approximate surface area is 84.8 Å². The minimum Gasteiger partial charge on any atom is -0.481 e. The third-order valence-corrected chi connectivity index (χ3v) is 2.51. The first kappa shape index (κ1) is 11.5. The van der Waals surface area contributed by atoms with E-state index in [0.717, 1.165) is 32.7 Å². The number of aliphatic carboxylic acids is 1. The molecular formula is C10H19NO3. The van der Waals surface area contributed by atoms with Crippen LogP contribution in [0.2, 0.25) is 0 Å². The van der Waals surface area contributed by atoms with Gasteiger partial charge in [-0.3, -0.25) is 9.69 Å². The highest BCUT2D eigenvalue weighted by atomic mass is 16.5. The van der Waals surface area contributed by atoms with E-state index in [9.17, 15) is 4.79 Å². The predicted molar refractivity (Wildman–Crippen MR) is 53.3 cm³/mol. The quantitative estimate of drug-likeness (QED) is 0.734. The van der Waals surface area contributed by atoms with E-state index in [2.05, 4.69) is 4.90 Å². The summed E-state index contributed by atoms with van der Waals surface area (Å²) in [7, 11) is 0. The fourth-order valence-corrected chi connectivity index (χ4v) is 1.58. The maximum absolute atomic E-state index is 10.9. The fraction of sp³-hybridized carbons (Fsp3) is 0.900. The minimum absolute atomic E-state index is 0.603. The topological polar surface area (TPSA) is 49.8 Å². The molecule has 4 nitrogen and oxygen atoms in total. The molecule has 0 aromatic rings. The Kier molecular flexibility index (Phi) is 3.89. The fourth-order valence-electron chi connectivity index (χ4n) is 1.58. The van der Waals surface area contributed by atoms with Crippen molar-refractivity contribution in [2.24, 2.45) is 5.41 Å². The van der Waals surface area contributed by atoms with Gasteiger partial charge in [-0.2, -0.15) is 0 Å². The van der Waals surface area contributed by atoms with E-state index >= 15 is 0 Å². The van der Waals surface area contributed by atoms with Crippen LogP contribution in [0.15, 0.2) is 0 Å². The highest BCUT2D eigenvalue weighted by Crippen LogP contribution is 2.17. The molecule has 0 saturated carbocycles. The molecule has 1 aliphatic rings. The lowest BCUT2D eigenvalue weighted by atomic mass is 9.93. The molecule has 1 N–H and O–H groups in total. The second kappa shape index (κ2) is 4.75. The summed E-state index contributed by atoms with van der Waals surface area (Å²) >= 11 is 0. The van der Waals surface area contributed by atoms with Crippen molar-refractivity contribution in [1.82, 2.24) is 4.90 Å². The lowest BCUT2D eigenvalue weighted by Gasteiger charge is -2.28. The summed E-state index contributed by atoms with van der Waals surface area (Å²) in [5, 5.41) is 8.98. The molecule has 0 aromatic heterocycles. The number of carboxylic acid groups (broad SMARTS) is 1. The summed E-state index contributed by atoms with van der Waals surface area (Å²) in [6.07, 6.45) is 0.996. The van der Waals surface area contributed by atoms with Gasteiger partial charge in [0.1, 0.15) is 0 Å². The van der Waals surface area contributed by atoms with Crippen molar-refractivity contribution in [3.63, 3.8) is 0 Å². The lowest BCUT2D eigenvalue weighted by Crippen LogP contribution is -2.40. The molecule has 0 bridgehead atoms. The number of carbonyl (C=O) groups is 1. The van der Waals surface area contributed by atoms with Gasteiger partial charge in [0.15, 0.2) is 0 Å². The maximum atomic E-state index is 10.9. The van der Waals surface area contributed by atoms with Crippen molar-refractivity contribution in [3.8, 4) is 0 Å². The second-order valence-electron chi connectivity index (χ2n) is 4.43. The summed E-state index contributed by atoms with van der Waals surface area (Å²) in [5.41, 5.74) is -0.662. The zero-order chi connectivity index (χ0) is 10.6. The molecule has 1 heterocycles. The van der Waals surface area contributed by atoms with Crippen molar-refractivity contribution in [2.75, 3.05) is 32.8 Å². The average Bonchev–Trinajstić information content (AvgIpc) is 2.32. The Morgan fingerprint density at radius 1 is 1.43 bits per heavy atom. The lowest BCUT2D eigenvalue weighted by molar-refractivity contribution is -0.148. The first-order valence-electron chi connectivity index (χ1n) is 5.06. The molecule has 4 heteroatoms. The molecule has 0 aliphatic carbocycles. The van der Waals surface area contributed by atoms with Crippen LogP contribution in [0.3, 0.4) is 0 Å². The maximum Gasteiger partial charge on any atom is 0.310 e. The standard InChI is InChI=1S/C10H19NO3/c1-10(2,9(12)13)8-11-4-3-6-14-7-5-11/h3-8H2,1-2H3,(H,12,13). The molecule has 0 unspecified atom stereocenters. The predicted octanol–water partition coefficient (Wildman–Crippen LogP) is 0.820. The van der Waals surface area contributed by atoms with Crippen LogP contribution < -0.4 is 0 Å². The van der Waals surface area contributed by atoms with Crippen molar-refractivity contribution >= 4 is 5.97 Å². The van der Waals surface area contributed by atoms with Crippen molar-refractivity contribution in [3.05, 3.63) is 0 Å². The molecule has 0 atom stereocenters. The third-order valence-electron chi connectivity index (χ3n) is 2.51. The van der Waals surface area contributed by atoms with Gasteiger partial charge in [0.05, 0.1) is 12.0 Å². The minimum atomic E-state index is -0.734.